The highest BCUT2D eigenvalue weighted by molar-refractivity contribution is 7.89. The first-order valence-corrected chi connectivity index (χ1v) is 10.4. The number of nitrogens with zero attached hydrogens (tertiary/aromatic N) is 1. The predicted octanol–water partition coefficient (Wildman–Crippen LogP) is 2.04. The van der Waals surface area contributed by atoms with Gasteiger partial charge in [-0.3, -0.25) is 4.79 Å². The van der Waals surface area contributed by atoms with Crippen molar-refractivity contribution in [3.63, 3.8) is 0 Å². The highest BCUT2D eigenvalue weighted by atomic mass is 35.5. The number of piperidine rings is 1. The van der Waals surface area contributed by atoms with E-state index < -0.39 is 10.0 Å². The van der Waals surface area contributed by atoms with Crippen LogP contribution in [0.15, 0.2) is 29.2 Å². The zero-order chi connectivity index (χ0) is 17.9. The average Bonchev–Trinajstić information content (AvgIpc) is 3.14. The second kappa shape index (κ2) is 8.03. The normalized spacial score (nSPS) is 22.8. The summed E-state index contributed by atoms with van der Waals surface area (Å²) in [6.45, 7) is 2.01. The number of hydrogen-bond acceptors (Lipinski definition) is 4. The SMILES string of the molecule is O=C(NC[C@H]1CCCO1)C1CCN(S(=O)(=O)c2ccc(Cl)cc2)CC1. The van der Waals surface area contributed by atoms with Crippen molar-refractivity contribution in [2.75, 3.05) is 26.2 Å². The minimum absolute atomic E-state index is 0.000888. The number of amides is 1. The zero-order valence-corrected chi connectivity index (χ0v) is 15.6. The van der Waals surface area contributed by atoms with E-state index in [1.807, 2.05) is 0 Å². The van der Waals surface area contributed by atoms with Crippen LogP contribution in [-0.2, 0) is 19.6 Å². The quantitative estimate of drug-likeness (QED) is 0.840. The molecule has 0 radical (unpaired) electrons. The Hall–Kier alpha value is -1.15. The highest BCUT2D eigenvalue weighted by Gasteiger charge is 2.32. The van der Waals surface area contributed by atoms with Crippen LogP contribution < -0.4 is 5.32 Å². The van der Waals surface area contributed by atoms with E-state index in [-0.39, 0.29) is 22.8 Å². The molecule has 0 bridgehead atoms. The van der Waals surface area contributed by atoms with Crippen LogP contribution in [0.2, 0.25) is 5.02 Å². The van der Waals surface area contributed by atoms with Gasteiger partial charge in [0.2, 0.25) is 15.9 Å². The maximum absolute atomic E-state index is 12.6. The van der Waals surface area contributed by atoms with Crippen molar-refractivity contribution in [1.82, 2.24) is 9.62 Å². The summed E-state index contributed by atoms with van der Waals surface area (Å²) >= 11 is 5.82. The van der Waals surface area contributed by atoms with Gasteiger partial charge in [-0.15, -0.1) is 0 Å². The molecule has 1 amide bonds. The molecule has 2 heterocycles. The van der Waals surface area contributed by atoms with Crippen molar-refractivity contribution < 1.29 is 17.9 Å². The van der Waals surface area contributed by atoms with Crippen molar-refractivity contribution in [3.05, 3.63) is 29.3 Å². The summed E-state index contributed by atoms with van der Waals surface area (Å²) < 4.78 is 32.2. The Labute approximate surface area is 153 Å². The Balaban J connectivity index is 1.52. The van der Waals surface area contributed by atoms with Gasteiger partial charge in [0.15, 0.2) is 0 Å². The minimum Gasteiger partial charge on any atom is -0.376 e. The fourth-order valence-corrected chi connectivity index (χ4v) is 4.87. The minimum atomic E-state index is -3.53. The summed E-state index contributed by atoms with van der Waals surface area (Å²) in [4.78, 5) is 12.5. The number of sulfonamides is 1. The van der Waals surface area contributed by atoms with Gasteiger partial charge in [0.25, 0.3) is 0 Å². The lowest BCUT2D eigenvalue weighted by Crippen LogP contribution is -2.44. The van der Waals surface area contributed by atoms with Gasteiger partial charge in [0, 0.05) is 37.2 Å². The molecule has 138 valence electrons. The van der Waals surface area contributed by atoms with E-state index in [0.717, 1.165) is 19.4 Å². The van der Waals surface area contributed by atoms with E-state index in [4.69, 9.17) is 16.3 Å². The maximum atomic E-state index is 12.6. The smallest absolute Gasteiger partial charge is 0.243 e. The lowest BCUT2D eigenvalue weighted by atomic mass is 9.97. The molecule has 6 nitrogen and oxygen atoms in total. The molecule has 25 heavy (non-hydrogen) atoms. The highest BCUT2D eigenvalue weighted by Crippen LogP contribution is 2.25. The van der Waals surface area contributed by atoms with Crippen molar-refractivity contribution in [2.24, 2.45) is 5.92 Å². The first-order chi connectivity index (χ1) is 12.0. The summed E-state index contributed by atoms with van der Waals surface area (Å²) in [6.07, 6.45) is 3.21. The molecule has 8 heteroatoms. The summed E-state index contributed by atoms with van der Waals surface area (Å²) in [5.41, 5.74) is 0. The van der Waals surface area contributed by atoms with Crippen molar-refractivity contribution in [3.8, 4) is 0 Å². The molecule has 2 saturated heterocycles. The molecule has 3 rings (SSSR count). The Morgan fingerprint density at radius 1 is 1.20 bits per heavy atom. The van der Waals surface area contributed by atoms with Crippen LogP contribution in [0, 0.1) is 5.92 Å². The molecular weight excluding hydrogens is 364 g/mol. The number of ether oxygens (including phenoxy) is 1. The zero-order valence-electron chi connectivity index (χ0n) is 14.0. The maximum Gasteiger partial charge on any atom is 0.243 e. The van der Waals surface area contributed by atoms with Gasteiger partial charge in [0.1, 0.15) is 0 Å². The van der Waals surface area contributed by atoms with E-state index in [2.05, 4.69) is 5.32 Å². The van der Waals surface area contributed by atoms with Gasteiger partial charge < -0.3 is 10.1 Å². The Morgan fingerprint density at radius 3 is 2.48 bits per heavy atom. The van der Waals surface area contributed by atoms with Crippen molar-refractivity contribution in [2.45, 2.75) is 36.7 Å². The van der Waals surface area contributed by atoms with Crippen molar-refractivity contribution >= 4 is 27.5 Å². The molecule has 0 unspecified atom stereocenters. The summed E-state index contributed by atoms with van der Waals surface area (Å²) in [7, 11) is -3.53. The van der Waals surface area contributed by atoms with Crippen LogP contribution in [0.4, 0.5) is 0 Å². The van der Waals surface area contributed by atoms with E-state index >= 15 is 0 Å². The third kappa shape index (κ3) is 4.53. The second-order valence-electron chi connectivity index (χ2n) is 6.51. The number of benzene rings is 1. The molecule has 0 saturated carbocycles. The molecule has 2 aliphatic heterocycles. The first kappa shape index (κ1) is 18.6. The Kier molecular flexibility index (Phi) is 5.99. The van der Waals surface area contributed by atoms with Gasteiger partial charge >= 0.3 is 0 Å². The lowest BCUT2D eigenvalue weighted by molar-refractivity contribution is -0.126. The largest absolute Gasteiger partial charge is 0.376 e. The van der Waals surface area contributed by atoms with E-state index in [1.54, 1.807) is 12.1 Å². The molecule has 0 spiro atoms. The number of nitrogens with one attached hydrogen (secondary N) is 1. The van der Waals surface area contributed by atoms with Crippen LogP contribution in [0.25, 0.3) is 0 Å². The molecule has 1 N–H and O–H groups in total. The molecule has 0 aromatic heterocycles. The molecule has 1 aromatic carbocycles. The molecule has 2 aliphatic rings. The van der Waals surface area contributed by atoms with Crippen LogP contribution in [0.1, 0.15) is 25.7 Å². The van der Waals surface area contributed by atoms with Gasteiger partial charge in [-0.25, -0.2) is 8.42 Å². The Bertz CT molecular complexity index is 694. The summed E-state index contributed by atoms with van der Waals surface area (Å²) in [5.74, 6) is -0.142. The second-order valence-corrected chi connectivity index (χ2v) is 8.89. The lowest BCUT2D eigenvalue weighted by Gasteiger charge is -2.30. The van der Waals surface area contributed by atoms with Gasteiger partial charge in [-0.1, -0.05) is 11.6 Å². The number of hydrogen-bond donors (Lipinski definition) is 1. The third-order valence-corrected chi connectivity index (χ3v) is 6.97. The fourth-order valence-electron chi connectivity index (χ4n) is 3.28. The number of halogens is 1. The molecule has 2 fully saturated rings. The van der Waals surface area contributed by atoms with Gasteiger partial charge in [-0.05, 0) is 49.9 Å². The summed E-state index contributed by atoms with van der Waals surface area (Å²) in [6, 6.07) is 6.16. The van der Waals surface area contributed by atoms with Gasteiger partial charge in [-0.2, -0.15) is 4.31 Å². The Morgan fingerprint density at radius 2 is 1.88 bits per heavy atom. The predicted molar refractivity (Wildman–Crippen MR) is 94.9 cm³/mol. The van der Waals surface area contributed by atoms with Gasteiger partial charge in [0.05, 0.1) is 11.0 Å². The summed E-state index contributed by atoms with van der Waals surface area (Å²) in [5, 5.41) is 3.44. The van der Waals surface area contributed by atoms with E-state index in [0.29, 0.717) is 37.5 Å². The van der Waals surface area contributed by atoms with Crippen LogP contribution in [-0.4, -0.2) is 51.0 Å². The van der Waals surface area contributed by atoms with Crippen molar-refractivity contribution in [1.29, 1.82) is 0 Å². The average molecular weight is 387 g/mol. The number of carbonyl (C=O) groups is 1. The van der Waals surface area contributed by atoms with Crippen LogP contribution in [0.5, 0.6) is 0 Å². The monoisotopic (exact) mass is 386 g/mol. The number of rotatable bonds is 5. The molecular formula is C17H23ClN2O4S. The van der Waals surface area contributed by atoms with E-state index in [9.17, 15) is 13.2 Å². The topological polar surface area (TPSA) is 75.7 Å². The first-order valence-electron chi connectivity index (χ1n) is 8.62. The third-order valence-electron chi connectivity index (χ3n) is 4.80. The van der Waals surface area contributed by atoms with Crippen LogP contribution in [0.3, 0.4) is 0 Å². The molecule has 1 aromatic rings. The van der Waals surface area contributed by atoms with E-state index in [1.165, 1.54) is 16.4 Å². The standard InChI is InChI=1S/C17H23ClN2O4S/c18-14-3-5-16(6-4-14)25(22,23)20-9-7-13(8-10-20)17(21)19-12-15-2-1-11-24-15/h3-6,13,15H,1-2,7-12H2,(H,19,21)/t15-/m1/s1. The van der Waals surface area contributed by atoms with Crippen LogP contribution >= 0.6 is 11.6 Å². The molecule has 0 aliphatic carbocycles. The molecule has 1 atom stereocenters. The fraction of sp³-hybridized carbons (Fsp3) is 0.588. The number of carbonyl (C=O) groups excluding carboxylic acids is 1.